The molecule has 0 saturated heterocycles. The standard InChI is InChI=1S/C25H24ClN3O4/c1-16-24(30)29(14-17-6-3-4-9-22(17)32-2)15-18-12-21(10-11-23(18)33-16)28-25(31)27-20-8-5-7-19(26)13-20/h3-13,16H,14-15H2,1-2H3,(H2,27,28,31). The van der Waals surface area contributed by atoms with Crippen LogP contribution in [0.3, 0.4) is 0 Å². The Morgan fingerprint density at radius 3 is 2.61 bits per heavy atom. The smallest absolute Gasteiger partial charge is 0.323 e. The largest absolute Gasteiger partial charge is 0.496 e. The molecule has 1 atom stereocenters. The molecular formula is C25H24ClN3O4. The van der Waals surface area contributed by atoms with E-state index < -0.39 is 12.1 Å². The third-order valence-corrected chi connectivity index (χ3v) is 5.51. The van der Waals surface area contributed by atoms with Gasteiger partial charge in [0.2, 0.25) is 0 Å². The molecule has 3 amide bonds. The van der Waals surface area contributed by atoms with Gasteiger partial charge < -0.3 is 25.0 Å². The van der Waals surface area contributed by atoms with Gasteiger partial charge in [0.25, 0.3) is 5.91 Å². The molecule has 0 saturated carbocycles. The van der Waals surface area contributed by atoms with Gasteiger partial charge in [0.05, 0.1) is 7.11 Å². The minimum Gasteiger partial charge on any atom is -0.496 e. The monoisotopic (exact) mass is 465 g/mol. The quantitative estimate of drug-likeness (QED) is 0.535. The van der Waals surface area contributed by atoms with Gasteiger partial charge in [-0.3, -0.25) is 4.79 Å². The van der Waals surface area contributed by atoms with Crippen molar-refractivity contribution in [2.24, 2.45) is 0 Å². The van der Waals surface area contributed by atoms with Crippen molar-refractivity contribution in [3.8, 4) is 11.5 Å². The van der Waals surface area contributed by atoms with Crippen LogP contribution in [0.25, 0.3) is 0 Å². The number of rotatable bonds is 5. The van der Waals surface area contributed by atoms with E-state index in [0.717, 1.165) is 16.9 Å². The highest BCUT2D eigenvalue weighted by Crippen LogP contribution is 2.30. The fourth-order valence-electron chi connectivity index (χ4n) is 3.71. The molecule has 3 aromatic carbocycles. The number of anilines is 2. The Hall–Kier alpha value is -3.71. The number of nitrogens with zero attached hydrogens (tertiary/aromatic N) is 1. The number of ether oxygens (including phenoxy) is 2. The van der Waals surface area contributed by atoms with Crippen LogP contribution in [0, 0.1) is 0 Å². The van der Waals surface area contributed by atoms with Crippen LogP contribution in [0.2, 0.25) is 5.02 Å². The van der Waals surface area contributed by atoms with E-state index in [1.54, 1.807) is 55.3 Å². The van der Waals surface area contributed by atoms with E-state index in [-0.39, 0.29) is 5.91 Å². The Kier molecular flexibility index (Phi) is 6.70. The lowest BCUT2D eigenvalue weighted by molar-refractivity contribution is -0.138. The van der Waals surface area contributed by atoms with Crippen LogP contribution in [0.5, 0.6) is 11.5 Å². The van der Waals surface area contributed by atoms with Crippen LogP contribution in [-0.2, 0) is 17.9 Å². The molecule has 0 spiro atoms. The predicted octanol–water partition coefficient (Wildman–Crippen LogP) is 5.30. The van der Waals surface area contributed by atoms with Crippen LogP contribution in [0.1, 0.15) is 18.1 Å². The lowest BCUT2D eigenvalue weighted by atomic mass is 10.1. The molecule has 0 aliphatic carbocycles. The summed E-state index contributed by atoms with van der Waals surface area (Å²) < 4.78 is 11.3. The summed E-state index contributed by atoms with van der Waals surface area (Å²) in [6.45, 7) is 2.45. The first-order chi connectivity index (χ1) is 15.9. The SMILES string of the molecule is COc1ccccc1CN1Cc2cc(NC(=O)Nc3cccc(Cl)c3)ccc2OC(C)C1=O. The Morgan fingerprint density at radius 2 is 1.85 bits per heavy atom. The number of hydrogen-bond donors (Lipinski definition) is 2. The van der Waals surface area contributed by atoms with Crippen molar-refractivity contribution < 1.29 is 19.1 Å². The number of fused-ring (bicyclic) bond motifs is 1. The van der Waals surface area contributed by atoms with Gasteiger partial charge in [-0.2, -0.15) is 0 Å². The van der Waals surface area contributed by atoms with Crippen LogP contribution in [-0.4, -0.2) is 30.1 Å². The topological polar surface area (TPSA) is 79.9 Å². The molecule has 3 aromatic rings. The lowest BCUT2D eigenvalue weighted by Crippen LogP contribution is -2.37. The van der Waals surface area contributed by atoms with Crippen molar-refractivity contribution in [3.05, 3.63) is 82.9 Å². The highest BCUT2D eigenvalue weighted by Gasteiger charge is 2.28. The first-order valence-electron chi connectivity index (χ1n) is 10.5. The molecule has 1 heterocycles. The number of hydrogen-bond acceptors (Lipinski definition) is 4. The van der Waals surface area contributed by atoms with Gasteiger partial charge in [-0.05, 0) is 49.4 Å². The maximum Gasteiger partial charge on any atom is 0.323 e. The highest BCUT2D eigenvalue weighted by atomic mass is 35.5. The zero-order valence-corrected chi connectivity index (χ0v) is 19.1. The second kappa shape index (κ2) is 9.83. The summed E-state index contributed by atoms with van der Waals surface area (Å²) in [4.78, 5) is 27.1. The molecule has 0 bridgehead atoms. The third-order valence-electron chi connectivity index (χ3n) is 5.28. The molecule has 33 heavy (non-hydrogen) atoms. The van der Waals surface area contributed by atoms with Crippen LogP contribution < -0.4 is 20.1 Å². The van der Waals surface area contributed by atoms with Crippen LogP contribution in [0.4, 0.5) is 16.2 Å². The number of carbonyl (C=O) groups is 2. The van der Waals surface area contributed by atoms with E-state index in [2.05, 4.69) is 10.6 Å². The molecule has 0 radical (unpaired) electrons. The Morgan fingerprint density at radius 1 is 1.09 bits per heavy atom. The molecule has 1 unspecified atom stereocenters. The van der Waals surface area contributed by atoms with E-state index in [4.69, 9.17) is 21.1 Å². The van der Waals surface area contributed by atoms with E-state index >= 15 is 0 Å². The Labute approximate surface area is 197 Å². The van der Waals surface area contributed by atoms with Crippen LogP contribution >= 0.6 is 11.6 Å². The molecule has 2 N–H and O–H groups in total. The van der Waals surface area contributed by atoms with Crippen molar-refractivity contribution in [1.29, 1.82) is 0 Å². The fraction of sp³-hybridized carbons (Fsp3) is 0.200. The zero-order chi connectivity index (χ0) is 23.4. The van der Waals surface area contributed by atoms with E-state index in [0.29, 0.717) is 35.2 Å². The summed E-state index contributed by atoms with van der Waals surface area (Å²) in [6, 6.07) is 19.4. The number of urea groups is 1. The number of amides is 3. The van der Waals surface area contributed by atoms with Crippen molar-refractivity contribution in [2.45, 2.75) is 26.1 Å². The molecule has 170 valence electrons. The van der Waals surface area contributed by atoms with Crippen molar-refractivity contribution in [1.82, 2.24) is 4.90 Å². The van der Waals surface area contributed by atoms with E-state index in [1.165, 1.54) is 0 Å². The second-order valence-electron chi connectivity index (χ2n) is 7.68. The number of para-hydroxylation sites is 1. The lowest BCUT2D eigenvalue weighted by Gasteiger charge is -2.23. The maximum atomic E-state index is 13.0. The van der Waals surface area contributed by atoms with Gasteiger partial charge in [-0.15, -0.1) is 0 Å². The van der Waals surface area contributed by atoms with Gasteiger partial charge >= 0.3 is 6.03 Å². The minimum atomic E-state index is -0.633. The van der Waals surface area contributed by atoms with Crippen molar-refractivity contribution >= 4 is 34.9 Å². The number of methoxy groups -OCH3 is 1. The van der Waals surface area contributed by atoms with Gasteiger partial charge in [0.1, 0.15) is 11.5 Å². The molecular weight excluding hydrogens is 442 g/mol. The first-order valence-corrected chi connectivity index (χ1v) is 10.8. The van der Waals surface area contributed by atoms with Crippen molar-refractivity contribution in [2.75, 3.05) is 17.7 Å². The van der Waals surface area contributed by atoms with Crippen LogP contribution in [0.15, 0.2) is 66.7 Å². The number of carbonyl (C=O) groups excluding carboxylic acids is 2. The van der Waals surface area contributed by atoms with Gasteiger partial charge in [-0.25, -0.2) is 4.79 Å². The zero-order valence-electron chi connectivity index (χ0n) is 18.3. The minimum absolute atomic E-state index is 0.120. The Bertz CT molecular complexity index is 1180. The summed E-state index contributed by atoms with van der Waals surface area (Å²) in [6.07, 6.45) is -0.633. The third kappa shape index (κ3) is 5.38. The molecule has 1 aliphatic heterocycles. The van der Waals surface area contributed by atoms with Gasteiger partial charge in [-0.1, -0.05) is 35.9 Å². The summed E-state index contributed by atoms with van der Waals surface area (Å²) >= 11 is 5.97. The highest BCUT2D eigenvalue weighted by molar-refractivity contribution is 6.30. The molecule has 0 fully saturated rings. The molecule has 4 rings (SSSR count). The predicted molar refractivity (Wildman–Crippen MR) is 128 cm³/mol. The van der Waals surface area contributed by atoms with Gasteiger partial charge in [0, 0.05) is 40.6 Å². The number of halogens is 1. The normalized spacial score (nSPS) is 15.2. The second-order valence-corrected chi connectivity index (χ2v) is 8.11. The van der Waals surface area contributed by atoms with E-state index in [9.17, 15) is 9.59 Å². The number of benzene rings is 3. The summed E-state index contributed by atoms with van der Waals surface area (Å²) in [5.41, 5.74) is 2.86. The molecule has 7 nitrogen and oxygen atoms in total. The average molecular weight is 466 g/mol. The van der Waals surface area contributed by atoms with Crippen molar-refractivity contribution in [3.63, 3.8) is 0 Å². The number of nitrogens with one attached hydrogen (secondary N) is 2. The summed E-state index contributed by atoms with van der Waals surface area (Å²) in [5, 5.41) is 6.09. The van der Waals surface area contributed by atoms with Gasteiger partial charge in [0.15, 0.2) is 6.10 Å². The maximum absolute atomic E-state index is 13.0. The van der Waals surface area contributed by atoms with E-state index in [1.807, 2.05) is 30.3 Å². The molecule has 8 heteroatoms. The Balaban J connectivity index is 1.53. The summed E-state index contributed by atoms with van der Waals surface area (Å²) in [7, 11) is 1.61. The molecule has 0 aromatic heterocycles. The fourth-order valence-corrected chi connectivity index (χ4v) is 3.90. The summed E-state index contributed by atoms with van der Waals surface area (Å²) in [5.74, 6) is 1.21. The first kappa shape index (κ1) is 22.5. The molecule has 1 aliphatic rings. The average Bonchev–Trinajstić information content (AvgIpc) is 2.90.